The highest BCUT2D eigenvalue weighted by molar-refractivity contribution is 9.10. The van der Waals surface area contributed by atoms with Crippen LogP contribution in [0, 0.1) is 18.6 Å². The molecular weight excluding hydrogens is 400 g/mol. The molecule has 0 bridgehead atoms. The van der Waals surface area contributed by atoms with Crippen LogP contribution in [0.4, 0.5) is 8.78 Å². The van der Waals surface area contributed by atoms with Crippen LogP contribution in [0.2, 0.25) is 25.7 Å². The van der Waals surface area contributed by atoms with Crippen molar-refractivity contribution in [1.29, 1.82) is 0 Å². The first-order chi connectivity index (χ1) is 11.0. The number of aromatic carboxylic acids is 1. The third-order valence-electron chi connectivity index (χ3n) is 3.81. The molecule has 0 aliphatic rings. The number of halogens is 3. The molecule has 0 fully saturated rings. The maximum atomic E-state index is 14.1. The normalized spacial score (nSPS) is 12.1. The third-order valence-corrected chi connectivity index (χ3v) is 6.29. The fraction of sp³-hybridized carbons (Fsp3) is 0.438. The van der Waals surface area contributed by atoms with Crippen molar-refractivity contribution in [3.63, 3.8) is 0 Å². The van der Waals surface area contributed by atoms with Gasteiger partial charge in [-0.05, 0) is 35.0 Å². The van der Waals surface area contributed by atoms with Crippen LogP contribution in [-0.2, 0) is 11.5 Å². The molecule has 1 aromatic carbocycles. The Bertz CT molecular complexity index is 799. The number of aromatic nitrogens is 1. The van der Waals surface area contributed by atoms with E-state index in [-0.39, 0.29) is 16.7 Å². The van der Waals surface area contributed by atoms with E-state index in [9.17, 15) is 18.7 Å². The molecule has 1 aromatic heterocycles. The van der Waals surface area contributed by atoms with Gasteiger partial charge in [-0.3, -0.25) is 0 Å². The summed E-state index contributed by atoms with van der Waals surface area (Å²) in [4.78, 5) is 11.5. The second kappa shape index (κ2) is 6.93. The molecule has 24 heavy (non-hydrogen) atoms. The van der Waals surface area contributed by atoms with Crippen LogP contribution in [0.15, 0.2) is 10.5 Å². The number of benzene rings is 1. The van der Waals surface area contributed by atoms with E-state index in [2.05, 4.69) is 35.6 Å². The van der Waals surface area contributed by atoms with E-state index in [1.807, 2.05) is 0 Å². The molecule has 0 aliphatic heterocycles. The highest BCUT2D eigenvalue weighted by Crippen LogP contribution is 2.35. The molecule has 0 saturated heterocycles. The Kier molecular flexibility index (Phi) is 5.51. The number of hydrogen-bond donors (Lipinski definition) is 1. The zero-order valence-corrected chi connectivity index (χ0v) is 16.6. The lowest BCUT2D eigenvalue weighted by atomic mass is 10.1. The van der Waals surface area contributed by atoms with E-state index < -0.39 is 31.2 Å². The number of fused-ring (bicyclic) bond motifs is 1. The quantitative estimate of drug-likeness (QED) is 0.407. The van der Waals surface area contributed by atoms with Gasteiger partial charge in [0.1, 0.15) is 12.3 Å². The van der Waals surface area contributed by atoms with E-state index in [1.54, 1.807) is 17.6 Å². The molecule has 0 aliphatic carbocycles. The maximum Gasteiger partial charge on any atom is 0.340 e. The maximum absolute atomic E-state index is 14.1. The van der Waals surface area contributed by atoms with E-state index in [1.165, 1.54) is 0 Å². The van der Waals surface area contributed by atoms with E-state index >= 15 is 0 Å². The summed E-state index contributed by atoms with van der Waals surface area (Å²) in [6.07, 6.45) is 0. The number of nitrogens with zero attached hydrogens (tertiary/aromatic N) is 1. The molecule has 0 saturated carbocycles. The minimum atomic E-state index is -1.51. The van der Waals surface area contributed by atoms with E-state index in [0.717, 1.165) is 6.04 Å². The molecule has 0 radical (unpaired) electrons. The van der Waals surface area contributed by atoms with Crippen LogP contribution in [-0.4, -0.2) is 30.3 Å². The summed E-state index contributed by atoms with van der Waals surface area (Å²) in [5.74, 6) is -4.08. The van der Waals surface area contributed by atoms with Gasteiger partial charge in [0.25, 0.3) is 0 Å². The Balaban J connectivity index is 2.47. The van der Waals surface area contributed by atoms with Crippen LogP contribution in [0.5, 0.6) is 0 Å². The van der Waals surface area contributed by atoms with Gasteiger partial charge in [-0.1, -0.05) is 19.6 Å². The highest BCUT2D eigenvalue weighted by Gasteiger charge is 2.26. The standard InChI is InChI=1S/C16H20BrF2NO3Si/c1-9-7-10-12(17)14(19)13(18)11(16(21)22)15(10)20(9)8-23-5-6-24(2,3)4/h7H,5-6,8H2,1-4H3,(H,21,22). The Labute approximate surface area is 148 Å². The number of carboxylic acids is 1. The minimum absolute atomic E-state index is 0.0797. The summed E-state index contributed by atoms with van der Waals surface area (Å²) in [6.45, 7) is 9.06. The fourth-order valence-corrected chi connectivity index (χ4v) is 3.67. The Morgan fingerprint density at radius 1 is 1.33 bits per heavy atom. The molecule has 4 nitrogen and oxygen atoms in total. The number of ether oxygens (including phenoxy) is 1. The zero-order chi connectivity index (χ0) is 18.2. The average Bonchev–Trinajstić information content (AvgIpc) is 2.77. The molecule has 1 N–H and O–H groups in total. The van der Waals surface area contributed by atoms with E-state index in [4.69, 9.17) is 4.74 Å². The highest BCUT2D eigenvalue weighted by atomic mass is 79.9. The summed E-state index contributed by atoms with van der Waals surface area (Å²) in [7, 11) is -1.25. The van der Waals surface area contributed by atoms with Crippen LogP contribution in [0.25, 0.3) is 10.9 Å². The van der Waals surface area contributed by atoms with E-state index in [0.29, 0.717) is 17.7 Å². The van der Waals surface area contributed by atoms with Crippen molar-refractivity contribution in [2.45, 2.75) is 39.3 Å². The summed E-state index contributed by atoms with van der Waals surface area (Å²) < 4.78 is 35.2. The molecule has 8 heteroatoms. The smallest absolute Gasteiger partial charge is 0.340 e. The largest absolute Gasteiger partial charge is 0.478 e. The first-order valence-electron chi connectivity index (χ1n) is 7.52. The van der Waals surface area contributed by atoms with Gasteiger partial charge in [0.2, 0.25) is 0 Å². The van der Waals surface area contributed by atoms with Crippen molar-refractivity contribution in [3.05, 3.63) is 33.4 Å². The minimum Gasteiger partial charge on any atom is -0.478 e. The van der Waals surface area contributed by atoms with Crippen LogP contribution >= 0.6 is 15.9 Å². The van der Waals surface area contributed by atoms with Gasteiger partial charge < -0.3 is 14.4 Å². The molecule has 132 valence electrons. The van der Waals surface area contributed by atoms with Crippen molar-refractivity contribution in [1.82, 2.24) is 4.57 Å². The second-order valence-electron chi connectivity index (χ2n) is 6.95. The van der Waals surface area contributed by atoms with Crippen LogP contribution < -0.4 is 0 Å². The van der Waals surface area contributed by atoms with Gasteiger partial charge in [0, 0.05) is 25.8 Å². The molecule has 0 unspecified atom stereocenters. The SMILES string of the molecule is Cc1cc2c(Br)c(F)c(F)c(C(=O)O)c2n1COCC[Si](C)(C)C. The number of rotatable bonds is 6. The van der Waals surface area contributed by atoms with Crippen LogP contribution in [0.1, 0.15) is 16.1 Å². The summed E-state index contributed by atoms with van der Waals surface area (Å²) in [6, 6.07) is 2.58. The lowest BCUT2D eigenvalue weighted by molar-refractivity contribution is 0.0690. The molecule has 0 spiro atoms. The Hall–Kier alpha value is -1.25. The van der Waals surface area contributed by atoms with Gasteiger partial charge >= 0.3 is 5.97 Å². The number of aryl methyl sites for hydroxylation is 1. The lowest BCUT2D eigenvalue weighted by Gasteiger charge is -2.17. The topological polar surface area (TPSA) is 51.5 Å². The summed E-state index contributed by atoms with van der Waals surface area (Å²) in [5.41, 5.74) is 0.123. The zero-order valence-electron chi connectivity index (χ0n) is 14.0. The average molecular weight is 420 g/mol. The van der Waals surface area contributed by atoms with Crippen molar-refractivity contribution in [2.24, 2.45) is 0 Å². The first kappa shape index (κ1) is 19.1. The van der Waals surface area contributed by atoms with Crippen molar-refractivity contribution >= 4 is 40.9 Å². The Morgan fingerprint density at radius 3 is 2.50 bits per heavy atom. The molecular formula is C16H20BrF2NO3Si. The predicted molar refractivity (Wildman–Crippen MR) is 95.4 cm³/mol. The van der Waals surface area contributed by atoms with Crippen molar-refractivity contribution in [3.8, 4) is 0 Å². The van der Waals surface area contributed by atoms with Gasteiger partial charge in [-0.15, -0.1) is 0 Å². The van der Waals surface area contributed by atoms with Crippen LogP contribution in [0.3, 0.4) is 0 Å². The number of carboxylic acid groups (broad SMARTS) is 1. The molecule has 2 rings (SSSR count). The fourth-order valence-electron chi connectivity index (χ4n) is 2.44. The van der Waals surface area contributed by atoms with Gasteiger partial charge in [-0.2, -0.15) is 0 Å². The summed E-state index contributed by atoms with van der Waals surface area (Å²) in [5, 5.41) is 9.64. The number of carbonyl (C=O) groups is 1. The van der Waals surface area contributed by atoms with Gasteiger partial charge in [0.15, 0.2) is 11.6 Å². The van der Waals surface area contributed by atoms with Crippen molar-refractivity contribution < 1.29 is 23.4 Å². The summed E-state index contributed by atoms with van der Waals surface area (Å²) >= 11 is 3.01. The van der Waals surface area contributed by atoms with Gasteiger partial charge in [-0.25, -0.2) is 13.6 Å². The monoisotopic (exact) mass is 419 g/mol. The molecule has 0 atom stereocenters. The molecule has 2 aromatic rings. The predicted octanol–water partition coefficient (Wildman–Crippen LogP) is 5.00. The number of hydrogen-bond acceptors (Lipinski definition) is 2. The second-order valence-corrected chi connectivity index (χ2v) is 13.4. The lowest BCUT2D eigenvalue weighted by Crippen LogP contribution is -2.22. The van der Waals surface area contributed by atoms with Gasteiger partial charge in [0.05, 0.1) is 9.99 Å². The molecule has 1 heterocycles. The molecule has 0 amide bonds. The Morgan fingerprint density at radius 2 is 1.96 bits per heavy atom. The first-order valence-corrected chi connectivity index (χ1v) is 12.0. The van der Waals surface area contributed by atoms with Crippen molar-refractivity contribution in [2.75, 3.05) is 6.61 Å². The third kappa shape index (κ3) is 3.70.